The van der Waals surface area contributed by atoms with Crippen LogP contribution in [0.1, 0.15) is 18.7 Å². The maximum absolute atomic E-state index is 11.3. The number of amides is 1. The topological polar surface area (TPSA) is 63.2 Å². The zero-order valence-corrected chi connectivity index (χ0v) is 11.2. The molecule has 1 rings (SSSR count). The van der Waals surface area contributed by atoms with E-state index in [-0.39, 0.29) is 16.0 Å². The second-order valence-electron chi connectivity index (χ2n) is 3.53. The average molecular weight is 282 g/mol. The van der Waals surface area contributed by atoms with Crippen molar-refractivity contribution < 1.29 is 13.2 Å². The molecule has 0 aliphatic heterocycles. The molecule has 16 heavy (non-hydrogen) atoms. The predicted octanol–water partition coefficient (Wildman–Crippen LogP) is 1.95. The molecular weight excluding hydrogens is 270 g/mol. The number of halogens is 1. The summed E-state index contributed by atoms with van der Waals surface area (Å²) in [6.07, 6.45) is 0. The van der Waals surface area contributed by atoms with Crippen LogP contribution in [0.4, 0.5) is 0 Å². The third-order valence-electron chi connectivity index (χ3n) is 1.84. The van der Waals surface area contributed by atoms with Crippen LogP contribution in [0, 0.1) is 5.92 Å². The molecule has 1 aromatic heterocycles. The molecule has 1 heterocycles. The first-order valence-electron chi connectivity index (χ1n) is 4.62. The minimum atomic E-state index is -3.66. The van der Waals surface area contributed by atoms with E-state index in [4.69, 9.17) is 10.7 Å². The molecule has 0 aliphatic carbocycles. The summed E-state index contributed by atoms with van der Waals surface area (Å²) in [6.45, 7) is 3.91. The molecule has 0 saturated heterocycles. The zero-order valence-electron chi connectivity index (χ0n) is 8.86. The molecular formula is C9H12ClNO3S2. The molecule has 0 saturated carbocycles. The van der Waals surface area contributed by atoms with Crippen LogP contribution in [0.15, 0.2) is 16.3 Å². The molecule has 0 bridgehead atoms. The van der Waals surface area contributed by atoms with E-state index in [0.717, 1.165) is 16.2 Å². The highest BCUT2D eigenvalue weighted by Crippen LogP contribution is 2.24. The molecule has 0 atom stereocenters. The summed E-state index contributed by atoms with van der Waals surface area (Å²) in [5, 5.41) is 2.70. The highest BCUT2D eigenvalue weighted by molar-refractivity contribution is 8.15. The van der Waals surface area contributed by atoms with E-state index in [9.17, 15) is 13.2 Å². The lowest BCUT2D eigenvalue weighted by Gasteiger charge is -2.05. The SMILES string of the molecule is CC(C)C(=O)NCc1ccc(S(=O)(=O)Cl)s1. The Morgan fingerprint density at radius 2 is 2.12 bits per heavy atom. The Hall–Kier alpha value is -0.590. The third kappa shape index (κ3) is 3.77. The van der Waals surface area contributed by atoms with E-state index >= 15 is 0 Å². The lowest BCUT2D eigenvalue weighted by Crippen LogP contribution is -2.26. The van der Waals surface area contributed by atoms with Crippen molar-refractivity contribution in [2.24, 2.45) is 5.92 Å². The van der Waals surface area contributed by atoms with Gasteiger partial charge in [0.15, 0.2) is 0 Å². The summed E-state index contributed by atoms with van der Waals surface area (Å²) < 4.78 is 22.1. The molecule has 0 aliphatic rings. The lowest BCUT2D eigenvalue weighted by atomic mass is 10.2. The third-order valence-corrected chi connectivity index (χ3v) is 5.02. The van der Waals surface area contributed by atoms with Crippen molar-refractivity contribution in [1.82, 2.24) is 5.32 Å². The van der Waals surface area contributed by atoms with Crippen LogP contribution in [0.5, 0.6) is 0 Å². The largest absolute Gasteiger partial charge is 0.351 e. The summed E-state index contributed by atoms with van der Waals surface area (Å²) in [5.41, 5.74) is 0. The van der Waals surface area contributed by atoms with Crippen LogP contribution < -0.4 is 5.32 Å². The van der Waals surface area contributed by atoms with Crippen LogP contribution in [-0.2, 0) is 20.4 Å². The van der Waals surface area contributed by atoms with Crippen molar-refractivity contribution in [2.45, 2.75) is 24.6 Å². The Kier molecular flexibility index (Phi) is 4.35. The second kappa shape index (κ2) is 5.16. The monoisotopic (exact) mass is 281 g/mol. The summed E-state index contributed by atoms with van der Waals surface area (Å²) in [7, 11) is 1.52. The standard InChI is InChI=1S/C9H12ClNO3S2/c1-6(2)9(12)11-5-7-3-4-8(15-7)16(10,13)14/h3-4,6H,5H2,1-2H3,(H,11,12). The van der Waals surface area contributed by atoms with Gasteiger partial charge in [0, 0.05) is 21.5 Å². The van der Waals surface area contributed by atoms with E-state index in [2.05, 4.69) is 5.32 Å². The van der Waals surface area contributed by atoms with E-state index < -0.39 is 9.05 Å². The highest BCUT2D eigenvalue weighted by atomic mass is 35.7. The highest BCUT2D eigenvalue weighted by Gasteiger charge is 2.13. The van der Waals surface area contributed by atoms with Gasteiger partial charge in [0.1, 0.15) is 4.21 Å². The number of carbonyl (C=O) groups is 1. The molecule has 0 radical (unpaired) electrons. The lowest BCUT2D eigenvalue weighted by molar-refractivity contribution is -0.124. The predicted molar refractivity (Wildman–Crippen MR) is 64.0 cm³/mol. The van der Waals surface area contributed by atoms with E-state index in [1.54, 1.807) is 19.9 Å². The number of nitrogens with one attached hydrogen (secondary N) is 1. The molecule has 7 heteroatoms. The first-order chi connectivity index (χ1) is 7.30. The Bertz CT molecular complexity index is 479. The van der Waals surface area contributed by atoms with E-state index in [1.807, 2.05) is 0 Å². The van der Waals surface area contributed by atoms with Crippen molar-refractivity contribution >= 4 is 37.0 Å². The van der Waals surface area contributed by atoms with Gasteiger partial charge < -0.3 is 5.32 Å². The first-order valence-corrected chi connectivity index (χ1v) is 7.74. The summed E-state index contributed by atoms with van der Waals surface area (Å²) >= 11 is 1.06. The summed E-state index contributed by atoms with van der Waals surface area (Å²) in [6, 6.07) is 3.07. The minimum absolute atomic E-state index is 0.0660. The maximum atomic E-state index is 11.3. The van der Waals surface area contributed by atoms with Crippen LogP contribution >= 0.6 is 22.0 Å². The van der Waals surface area contributed by atoms with Gasteiger partial charge in [0.25, 0.3) is 9.05 Å². The number of rotatable bonds is 4. The van der Waals surface area contributed by atoms with Crippen LogP contribution in [0.2, 0.25) is 0 Å². The van der Waals surface area contributed by atoms with Crippen molar-refractivity contribution in [3.05, 3.63) is 17.0 Å². The maximum Gasteiger partial charge on any atom is 0.270 e. The van der Waals surface area contributed by atoms with Crippen molar-refractivity contribution in [2.75, 3.05) is 0 Å². The van der Waals surface area contributed by atoms with Gasteiger partial charge in [-0.05, 0) is 12.1 Å². The quantitative estimate of drug-likeness (QED) is 0.858. The second-order valence-corrected chi connectivity index (χ2v) is 7.49. The van der Waals surface area contributed by atoms with Gasteiger partial charge in [0.05, 0.1) is 6.54 Å². The molecule has 1 amide bonds. The van der Waals surface area contributed by atoms with Crippen molar-refractivity contribution in [1.29, 1.82) is 0 Å². The van der Waals surface area contributed by atoms with Crippen molar-refractivity contribution in [3.8, 4) is 0 Å². The molecule has 0 spiro atoms. The van der Waals surface area contributed by atoms with Crippen LogP contribution in [0.25, 0.3) is 0 Å². The fourth-order valence-electron chi connectivity index (χ4n) is 0.963. The van der Waals surface area contributed by atoms with Gasteiger partial charge in [-0.25, -0.2) is 8.42 Å². The number of thiophene rings is 1. The fraction of sp³-hybridized carbons (Fsp3) is 0.444. The fourth-order valence-corrected chi connectivity index (χ4v) is 3.03. The van der Waals surface area contributed by atoms with Gasteiger partial charge in [-0.3, -0.25) is 4.79 Å². The molecule has 90 valence electrons. The average Bonchev–Trinajstić information content (AvgIpc) is 2.61. The van der Waals surface area contributed by atoms with Crippen LogP contribution in [-0.4, -0.2) is 14.3 Å². The molecule has 1 aromatic rings. The van der Waals surface area contributed by atoms with Crippen LogP contribution in [0.3, 0.4) is 0 Å². The molecule has 0 fully saturated rings. The minimum Gasteiger partial charge on any atom is -0.351 e. The molecule has 0 aromatic carbocycles. The Labute approximate surface area is 103 Å². The molecule has 4 nitrogen and oxygen atoms in total. The Morgan fingerprint density at radius 3 is 2.56 bits per heavy atom. The number of hydrogen-bond donors (Lipinski definition) is 1. The Balaban J connectivity index is 2.64. The summed E-state index contributed by atoms with van der Waals surface area (Å²) in [4.78, 5) is 12.0. The van der Waals surface area contributed by atoms with Gasteiger partial charge in [-0.15, -0.1) is 11.3 Å². The first kappa shape index (κ1) is 13.5. The Morgan fingerprint density at radius 1 is 1.50 bits per heavy atom. The number of carbonyl (C=O) groups excluding carboxylic acids is 1. The zero-order chi connectivity index (χ0) is 12.3. The van der Waals surface area contributed by atoms with E-state index in [0.29, 0.717) is 6.54 Å². The van der Waals surface area contributed by atoms with Gasteiger partial charge in [0.2, 0.25) is 5.91 Å². The van der Waals surface area contributed by atoms with Gasteiger partial charge in [-0.2, -0.15) is 0 Å². The van der Waals surface area contributed by atoms with E-state index in [1.165, 1.54) is 6.07 Å². The number of hydrogen-bond acceptors (Lipinski definition) is 4. The van der Waals surface area contributed by atoms with Gasteiger partial charge in [-0.1, -0.05) is 13.8 Å². The van der Waals surface area contributed by atoms with Gasteiger partial charge >= 0.3 is 0 Å². The summed E-state index contributed by atoms with van der Waals surface area (Å²) in [5.74, 6) is -0.153. The smallest absolute Gasteiger partial charge is 0.270 e. The molecule has 0 unspecified atom stereocenters. The normalized spacial score (nSPS) is 11.8. The molecule has 1 N–H and O–H groups in total. The van der Waals surface area contributed by atoms with Crippen molar-refractivity contribution in [3.63, 3.8) is 0 Å².